The summed E-state index contributed by atoms with van der Waals surface area (Å²) in [5.41, 5.74) is 22.7. The average molecular weight is 1580 g/mol. The zero-order chi connectivity index (χ0) is 79.2. The Balaban J connectivity index is 0.000000118. The molecule has 0 atom stereocenters. The fraction of sp³-hybridized carbons (Fsp3) is 0.0566. The summed E-state index contributed by atoms with van der Waals surface area (Å²) in [6.45, 7) is 8.28. The van der Waals surface area contributed by atoms with Crippen molar-refractivity contribution in [3.8, 4) is 78.7 Å². The van der Waals surface area contributed by atoms with Gasteiger partial charge in [-0.25, -0.2) is 29.9 Å². The van der Waals surface area contributed by atoms with Gasteiger partial charge in [0.05, 0.1) is 89.5 Å². The quantitative estimate of drug-likeness (QED) is 0.0826. The third-order valence-electron chi connectivity index (χ3n) is 23.5. The molecule has 14 aromatic carbocycles. The largest absolute Gasteiger partial charge is 0.494 e. The Morgan fingerprint density at radius 2 is 0.534 bits per heavy atom. The summed E-state index contributed by atoms with van der Waals surface area (Å²) < 4.78 is 13.4. The summed E-state index contributed by atoms with van der Waals surface area (Å²) in [6.07, 6.45) is 3.68. The molecule has 0 amide bonds. The van der Waals surface area contributed by atoms with Gasteiger partial charge in [-0.3, -0.25) is 9.97 Å². The molecule has 1 aliphatic rings. The molecule has 0 aliphatic carbocycles. The van der Waals surface area contributed by atoms with Crippen LogP contribution >= 0.6 is 15.9 Å². The number of nitrogens with zero attached hydrogens (tertiary/aromatic N) is 8. The molecule has 1 aliphatic heterocycles. The molecule has 0 spiro atoms. The number of rotatable bonds is 8. The molecule has 0 radical (unpaired) electrons. The Kier molecular flexibility index (Phi) is 17.8. The van der Waals surface area contributed by atoms with E-state index in [1.165, 1.54) is 0 Å². The zero-order valence-corrected chi connectivity index (χ0v) is 66.6. The van der Waals surface area contributed by atoms with E-state index in [0.717, 1.165) is 219 Å². The van der Waals surface area contributed by atoms with Crippen molar-refractivity contribution in [1.29, 1.82) is 0 Å². The summed E-state index contributed by atoms with van der Waals surface area (Å²) in [5.74, 6) is 0. The Morgan fingerprint density at radius 1 is 0.237 bits per heavy atom. The lowest BCUT2D eigenvalue weighted by molar-refractivity contribution is 0.00578. The van der Waals surface area contributed by atoms with E-state index in [-0.39, 0.29) is 18.3 Å². The summed E-state index contributed by atoms with van der Waals surface area (Å²) in [5, 5.41) is 18.0. The number of pyridine rings is 8. The van der Waals surface area contributed by atoms with Crippen molar-refractivity contribution in [2.75, 3.05) is 0 Å². The molecular weight excluding hydrogens is 1510 g/mol. The van der Waals surface area contributed by atoms with Gasteiger partial charge in [-0.05, 0) is 190 Å². The molecule has 8 aromatic heterocycles. The summed E-state index contributed by atoms with van der Waals surface area (Å²) in [7, 11) is -0.344. The zero-order valence-electron chi connectivity index (χ0n) is 65.0. The third-order valence-corrected chi connectivity index (χ3v) is 24.0. The van der Waals surface area contributed by atoms with Gasteiger partial charge < -0.3 is 9.31 Å². The maximum absolute atomic E-state index is 6.15. The van der Waals surface area contributed by atoms with Gasteiger partial charge in [-0.1, -0.05) is 271 Å². The summed E-state index contributed by atoms with van der Waals surface area (Å²) >= 11 is 3.58. The van der Waals surface area contributed by atoms with E-state index in [1.807, 2.05) is 79.1 Å². The van der Waals surface area contributed by atoms with Gasteiger partial charge in [0, 0.05) is 88.0 Å². The molecular formula is C106H72BBrN8O2. The van der Waals surface area contributed by atoms with Crippen molar-refractivity contribution < 1.29 is 9.31 Å². The Bertz CT molecular complexity index is 7690. The van der Waals surface area contributed by atoms with E-state index >= 15 is 0 Å². The van der Waals surface area contributed by atoms with Crippen molar-refractivity contribution in [1.82, 2.24) is 39.9 Å². The highest BCUT2D eigenvalue weighted by Gasteiger charge is 2.51. The maximum Gasteiger partial charge on any atom is 0.494 e. The van der Waals surface area contributed by atoms with Crippen LogP contribution in [-0.2, 0) is 9.31 Å². The number of benzene rings is 14. The average Bonchev–Trinajstić information content (AvgIpc) is 1.02. The van der Waals surface area contributed by atoms with E-state index < -0.39 is 0 Å². The normalized spacial score (nSPS) is 13.2. The number of hydrogen-bond donors (Lipinski definition) is 0. The Hall–Kier alpha value is -14.1. The minimum atomic E-state index is -0.344. The van der Waals surface area contributed by atoms with E-state index in [0.29, 0.717) is 0 Å². The van der Waals surface area contributed by atoms with Crippen LogP contribution in [0.25, 0.3) is 209 Å². The van der Waals surface area contributed by atoms with Gasteiger partial charge in [-0.15, -0.1) is 0 Å². The number of aromatic nitrogens is 8. The first-order chi connectivity index (χ1) is 57.8. The first-order valence-electron chi connectivity index (χ1n) is 39.8. The Labute approximate surface area is 689 Å². The molecule has 9 heterocycles. The monoisotopic (exact) mass is 1580 g/mol. The first kappa shape index (κ1) is 71.6. The highest BCUT2D eigenvalue weighted by atomic mass is 79.9. The molecule has 558 valence electrons. The number of hydrogen-bond acceptors (Lipinski definition) is 10. The lowest BCUT2D eigenvalue weighted by Gasteiger charge is -2.32. The van der Waals surface area contributed by atoms with Gasteiger partial charge in [-0.2, -0.15) is 0 Å². The van der Waals surface area contributed by atoms with E-state index in [2.05, 4.69) is 334 Å². The smallest absolute Gasteiger partial charge is 0.399 e. The van der Waals surface area contributed by atoms with Crippen LogP contribution in [0.5, 0.6) is 0 Å². The minimum absolute atomic E-state index is 0.331. The van der Waals surface area contributed by atoms with E-state index in [9.17, 15) is 0 Å². The van der Waals surface area contributed by atoms with Crippen molar-refractivity contribution in [2.45, 2.75) is 38.9 Å². The van der Waals surface area contributed by atoms with Gasteiger partial charge >= 0.3 is 7.12 Å². The molecule has 0 saturated carbocycles. The second-order valence-electron chi connectivity index (χ2n) is 31.2. The molecule has 23 rings (SSSR count). The molecule has 1 fully saturated rings. The van der Waals surface area contributed by atoms with Gasteiger partial charge in [0.1, 0.15) is 0 Å². The molecule has 0 unspecified atom stereocenters. The van der Waals surface area contributed by atoms with Gasteiger partial charge in [0.25, 0.3) is 0 Å². The van der Waals surface area contributed by atoms with Crippen LogP contribution in [0.15, 0.2) is 369 Å². The minimum Gasteiger partial charge on any atom is -0.399 e. The SMILES string of the molecule is Brc1ccc2nc(-c3c4ccccc4c(-c4ccc5ccc6cccnc6c5n4)c4ccccc34)ccc2c1.CC1(C)OB(c2ccc3nc(-c4ccccc4)ccc3c2)OC1(C)C.c1ccc(-c2ccc3cc(-c4ccc5nc(-c6c7ccccc7c(-c7ccc8ccc9cccnc9c8n7)c7ccccc67)ccc5c4)ccc3n2)cc1. The van der Waals surface area contributed by atoms with Crippen LogP contribution in [0.1, 0.15) is 27.7 Å². The second kappa shape index (κ2) is 29.3. The van der Waals surface area contributed by atoms with Crippen LogP contribution in [0.4, 0.5) is 0 Å². The van der Waals surface area contributed by atoms with Crippen molar-refractivity contribution >= 4 is 159 Å². The van der Waals surface area contributed by atoms with Crippen LogP contribution in [-0.4, -0.2) is 58.2 Å². The van der Waals surface area contributed by atoms with E-state index in [4.69, 9.17) is 44.2 Å². The number of fused-ring (bicyclic) bond motifs is 14. The first-order valence-corrected chi connectivity index (χ1v) is 40.6. The highest BCUT2D eigenvalue weighted by Crippen LogP contribution is 2.47. The fourth-order valence-electron chi connectivity index (χ4n) is 16.9. The van der Waals surface area contributed by atoms with Crippen molar-refractivity contribution in [2.24, 2.45) is 0 Å². The second-order valence-corrected chi connectivity index (χ2v) is 32.1. The van der Waals surface area contributed by atoms with Gasteiger partial charge in [0.2, 0.25) is 0 Å². The topological polar surface area (TPSA) is 122 Å². The fourth-order valence-corrected chi connectivity index (χ4v) is 17.3. The highest BCUT2D eigenvalue weighted by molar-refractivity contribution is 9.10. The van der Waals surface area contributed by atoms with Crippen LogP contribution in [0, 0.1) is 0 Å². The standard InChI is InChI=1S/C50H30N4.C35H20BrN3.C21H22BNO2/c1-2-9-31(10-3-1)42-25-21-36-29-34(19-23-43(36)52-42)35-20-24-44-37(30-35)22-27-45(53-44)47-38-12-4-6-14-40(38)48(41-15-7-5-13-39(41)47)46-26-18-33-17-16-32-11-8-28-51-49(32)50(33)54-46;36-24-15-18-29-23(20-24)14-17-30(38-29)32-25-7-1-3-9-27(25)33(28-10-4-2-8-26(28)32)31-16-13-22-12-11-21-6-5-19-37-34(21)35(22)39-31;1-20(2)21(3,4)25-22(24-20)17-11-13-19-16(14-17)10-12-18(23-19)15-8-6-5-7-9-15/h1-30H;1-20H;5-14H,1-4H3. The maximum atomic E-state index is 6.15. The Morgan fingerprint density at radius 3 is 0.924 bits per heavy atom. The van der Waals surface area contributed by atoms with E-state index in [1.54, 1.807) is 0 Å². The van der Waals surface area contributed by atoms with Crippen molar-refractivity contribution in [3.63, 3.8) is 0 Å². The van der Waals surface area contributed by atoms with Crippen LogP contribution in [0.2, 0.25) is 0 Å². The predicted molar refractivity (Wildman–Crippen MR) is 493 cm³/mol. The molecule has 118 heavy (non-hydrogen) atoms. The molecule has 0 bridgehead atoms. The third kappa shape index (κ3) is 13.0. The molecule has 0 N–H and O–H groups in total. The lowest BCUT2D eigenvalue weighted by atomic mass is 9.78. The van der Waals surface area contributed by atoms with Gasteiger partial charge in [0.15, 0.2) is 0 Å². The molecule has 22 aromatic rings. The van der Waals surface area contributed by atoms with Crippen LogP contribution < -0.4 is 5.46 Å². The lowest BCUT2D eigenvalue weighted by Crippen LogP contribution is -2.41. The summed E-state index contributed by atoms with van der Waals surface area (Å²) in [6, 6.07) is 123. The molecule has 12 heteroatoms. The predicted octanol–water partition coefficient (Wildman–Crippen LogP) is 26.8. The summed E-state index contributed by atoms with van der Waals surface area (Å²) in [4.78, 5) is 40.1. The molecule has 1 saturated heterocycles. The van der Waals surface area contributed by atoms with Crippen LogP contribution in [0.3, 0.4) is 0 Å². The number of halogens is 1. The van der Waals surface area contributed by atoms with Crippen molar-refractivity contribution in [3.05, 3.63) is 369 Å². The molecule has 10 nitrogen and oxygen atoms in total.